The standard InChI is InChI=1S/C8H4ClFO4/c9-3-1-2-4(10)5(6(3)11)7(12)8(13)14/h1-2,11H,(H,13,14). The van der Waals surface area contributed by atoms with Gasteiger partial charge in [-0.05, 0) is 12.1 Å². The number of carboxylic acid groups (broad SMARTS) is 1. The number of phenolic OH excluding ortho intramolecular Hbond substituents is 1. The molecular formula is C8H4ClFO4. The van der Waals surface area contributed by atoms with E-state index in [1.807, 2.05) is 0 Å². The molecule has 1 aromatic rings. The zero-order chi connectivity index (χ0) is 10.9. The van der Waals surface area contributed by atoms with Gasteiger partial charge in [-0.2, -0.15) is 0 Å². The molecule has 0 heterocycles. The van der Waals surface area contributed by atoms with Crippen LogP contribution in [0.2, 0.25) is 5.02 Å². The molecule has 0 fully saturated rings. The number of carbonyl (C=O) groups is 2. The Morgan fingerprint density at radius 3 is 2.43 bits per heavy atom. The molecular weight excluding hydrogens is 215 g/mol. The number of ketones is 1. The summed E-state index contributed by atoms with van der Waals surface area (Å²) in [5.74, 6) is -5.39. The van der Waals surface area contributed by atoms with Crippen molar-refractivity contribution < 1.29 is 24.2 Å². The highest BCUT2D eigenvalue weighted by Crippen LogP contribution is 2.29. The monoisotopic (exact) mass is 218 g/mol. The molecule has 6 heteroatoms. The zero-order valence-electron chi connectivity index (χ0n) is 6.62. The van der Waals surface area contributed by atoms with E-state index in [-0.39, 0.29) is 5.02 Å². The summed E-state index contributed by atoms with van der Waals surface area (Å²) in [5.41, 5.74) is -0.926. The minimum absolute atomic E-state index is 0.281. The van der Waals surface area contributed by atoms with Gasteiger partial charge in [0.15, 0.2) is 0 Å². The largest absolute Gasteiger partial charge is 0.505 e. The number of aromatic hydroxyl groups is 1. The van der Waals surface area contributed by atoms with Crippen LogP contribution in [-0.4, -0.2) is 22.0 Å². The molecule has 0 bridgehead atoms. The number of halogens is 2. The van der Waals surface area contributed by atoms with Crippen LogP contribution in [0.25, 0.3) is 0 Å². The zero-order valence-corrected chi connectivity index (χ0v) is 7.38. The topological polar surface area (TPSA) is 74.6 Å². The first-order valence-electron chi connectivity index (χ1n) is 3.39. The van der Waals surface area contributed by atoms with Gasteiger partial charge < -0.3 is 10.2 Å². The quantitative estimate of drug-likeness (QED) is 0.582. The number of carboxylic acids is 1. The van der Waals surface area contributed by atoms with E-state index in [9.17, 15) is 14.0 Å². The molecule has 0 saturated carbocycles. The predicted octanol–water partition coefficient (Wildman–Crippen LogP) is 1.45. The first-order valence-corrected chi connectivity index (χ1v) is 3.77. The second kappa shape index (κ2) is 3.63. The van der Waals surface area contributed by atoms with Gasteiger partial charge in [0.2, 0.25) is 0 Å². The third kappa shape index (κ3) is 1.67. The van der Waals surface area contributed by atoms with Crippen LogP contribution in [0.15, 0.2) is 12.1 Å². The van der Waals surface area contributed by atoms with E-state index < -0.39 is 28.9 Å². The molecule has 0 radical (unpaired) electrons. The summed E-state index contributed by atoms with van der Waals surface area (Å²) < 4.78 is 12.9. The molecule has 74 valence electrons. The molecule has 0 spiro atoms. The van der Waals surface area contributed by atoms with Crippen molar-refractivity contribution in [2.45, 2.75) is 0 Å². The van der Waals surface area contributed by atoms with Gasteiger partial charge in [-0.3, -0.25) is 4.79 Å². The molecule has 4 nitrogen and oxygen atoms in total. The maximum absolute atomic E-state index is 12.9. The molecule has 1 aromatic carbocycles. The van der Waals surface area contributed by atoms with E-state index in [2.05, 4.69) is 0 Å². The summed E-state index contributed by atoms with van der Waals surface area (Å²) in [6.07, 6.45) is 0. The van der Waals surface area contributed by atoms with Crippen molar-refractivity contribution in [2.75, 3.05) is 0 Å². The number of Topliss-reactive ketones (excluding diaryl/α,β-unsaturated/α-hetero) is 1. The third-order valence-corrected chi connectivity index (χ3v) is 1.80. The summed E-state index contributed by atoms with van der Waals surface area (Å²) in [6, 6.07) is 1.82. The van der Waals surface area contributed by atoms with Gasteiger partial charge in [-0.15, -0.1) is 0 Å². The minimum Gasteiger partial charge on any atom is -0.505 e. The average molecular weight is 219 g/mol. The Labute approximate surface area is 82.5 Å². The van der Waals surface area contributed by atoms with Crippen molar-refractivity contribution >= 4 is 23.4 Å². The second-order valence-corrected chi connectivity index (χ2v) is 2.79. The third-order valence-electron chi connectivity index (χ3n) is 1.50. The fourth-order valence-corrected chi connectivity index (χ4v) is 1.02. The van der Waals surface area contributed by atoms with Crippen LogP contribution >= 0.6 is 11.6 Å². The van der Waals surface area contributed by atoms with Gasteiger partial charge in [0, 0.05) is 0 Å². The van der Waals surface area contributed by atoms with Crippen molar-refractivity contribution in [1.29, 1.82) is 0 Å². The second-order valence-electron chi connectivity index (χ2n) is 2.39. The Bertz CT molecular complexity index is 416. The number of rotatable bonds is 2. The first-order chi connectivity index (χ1) is 6.45. The van der Waals surface area contributed by atoms with E-state index >= 15 is 0 Å². The molecule has 14 heavy (non-hydrogen) atoms. The van der Waals surface area contributed by atoms with Crippen LogP contribution in [0.5, 0.6) is 5.75 Å². The van der Waals surface area contributed by atoms with Gasteiger partial charge in [0.25, 0.3) is 5.78 Å². The summed E-state index contributed by atoms with van der Waals surface area (Å²) >= 11 is 5.37. The Morgan fingerprint density at radius 1 is 1.36 bits per heavy atom. The molecule has 0 aliphatic heterocycles. The molecule has 0 unspecified atom stereocenters. The fourth-order valence-electron chi connectivity index (χ4n) is 0.864. The SMILES string of the molecule is O=C(O)C(=O)c1c(F)ccc(Cl)c1O. The predicted molar refractivity (Wildman–Crippen MR) is 45.0 cm³/mol. The van der Waals surface area contributed by atoms with Crippen LogP contribution in [0.1, 0.15) is 10.4 Å². The number of carbonyl (C=O) groups excluding carboxylic acids is 1. The molecule has 0 aliphatic carbocycles. The summed E-state index contributed by atoms with van der Waals surface area (Å²) in [5, 5.41) is 17.2. The normalized spacial score (nSPS) is 9.86. The minimum atomic E-state index is -1.86. The van der Waals surface area contributed by atoms with Gasteiger partial charge in [0.05, 0.1) is 5.02 Å². The lowest BCUT2D eigenvalue weighted by Crippen LogP contribution is -2.14. The Morgan fingerprint density at radius 2 is 1.93 bits per heavy atom. The molecule has 0 saturated heterocycles. The number of aliphatic carboxylic acids is 1. The van der Waals surface area contributed by atoms with Crippen LogP contribution in [0.3, 0.4) is 0 Å². The van der Waals surface area contributed by atoms with E-state index in [1.54, 1.807) is 0 Å². The van der Waals surface area contributed by atoms with Crippen LogP contribution in [-0.2, 0) is 4.79 Å². The van der Waals surface area contributed by atoms with Crippen molar-refractivity contribution in [3.63, 3.8) is 0 Å². The molecule has 0 amide bonds. The molecule has 1 rings (SSSR count). The highest BCUT2D eigenvalue weighted by atomic mass is 35.5. The van der Waals surface area contributed by atoms with Gasteiger partial charge in [-0.1, -0.05) is 11.6 Å². The lowest BCUT2D eigenvalue weighted by molar-refractivity contribution is -0.131. The number of hydrogen-bond acceptors (Lipinski definition) is 3. The Kier molecular flexibility index (Phi) is 2.71. The summed E-state index contributed by atoms with van der Waals surface area (Å²) in [6.45, 7) is 0. The van der Waals surface area contributed by atoms with Crippen LogP contribution < -0.4 is 0 Å². The van der Waals surface area contributed by atoms with E-state index in [0.29, 0.717) is 0 Å². The number of hydrogen-bond donors (Lipinski definition) is 2. The lowest BCUT2D eigenvalue weighted by Gasteiger charge is -2.03. The summed E-state index contributed by atoms with van der Waals surface area (Å²) in [4.78, 5) is 21.1. The van der Waals surface area contributed by atoms with E-state index in [0.717, 1.165) is 12.1 Å². The average Bonchev–Trinajstić information content (AvgIpc) is 2.12. The van der Waals surface area contributed by atoms with Gasteiger partial charge in [-0.25, -0.2) is 9.18 Å². The van der Waals surface area contributed by atoms with Gasteiger partial charge >= 0.3 is 5.97 Å². The fraction of sp³-hybridized carbons (Fsp3) is 0. The van der Waals surface area contributed by atoms with Crippen molar-refractivity contribution in [2.24, 2.45) is 0 Å². The van der Waals surface area contributed by atoms with Crippen molar-refractivity contribution in [1.82, 2.24) is 0 Å². The van der Waals surface area contributed by atoms with E-state index in [1.165, 1.54) is 0 Å². The highest BCUT2D eigenvalue weighted by molar-refractivity contribution is 6.42. The lowest BCUT2D eigenvalue weighted by atomic mass is 10.1. The smallest absolute Gasteiger partial charge is 0.377 e. The maximum Gasteiger partial charge on any atom is 0.377 e. The Balaban J connectivity index is 3.40. The number of benzene rings is 1. The maximum atomic E-state index is 12.9. The molecule has 0 aromatic heterocycles. The molecule has 0 aliphatic rings. The van der Waals surface area contributed by atoms with Crippen molar-refractivity contribution in [3.05, 3.63) is 28.5 Å². The molecule has 0 atom stereocenters. The summed E-state index contributed by atoms with van der Waals surface area (Å²) in [7, 11) is 0. The van der Waals surface area contributed by atoms with Crippen molar-refractivity contribution in [3.8, 4) is 5.75 Å². The van der Waals surface area contributed by atoms with Crippen LogP contribution in [0.4, 0.5) is 4.39 Å². The molecule has 2 N–H and O–H groups in total. The number of phenols is 1. The highest BCUT2D eigenvalue weighted by Gasteiger charge is 2.24. The first kappa shape index (κ1) is 10.5. The van der Waals surface area contributed by atoms with Gasteiger partial charge in [0.1, 0.15) is 17.1 Å². The Hall–Kier alpha value is -1.62. The van der Waals surface area contributed by atoms with Crippen LogP contribution in [0, 0.1) is 5.82 Å². The van der Waals surface area contributed by atoms with E-state index in [4.69, 9.17) is 21.8 Å².